The van der Waals surface area contributed by atoms with Crippen molar-refractivity contribution in [2.75, 3.05) is 27.2 Å². The minimum Gasteiger partial charge on any atom is -0.469 e. The fourth-order valence-corrected chi connectivity index (χ4v) is 1.93. The summed E-state index contributed by atoms with van der Waals surface area (Å²) in [6.07, 6.45) is 2.23. The molecule has 0 atom stereocenters. The van der Waals surface area contributed by atoms with Crippen LogP contribution < -0.4 is 0 Å². The molecule has 0 fully saturated rings. The van der Waals surface area contributed by atoms with Gasteiger partial charge in [0.05, 0.1) is 7.11 Å². The van der Waals surface area contributed by atoms with Gasteiger partial charge in [0.15, 0.2) is 0 Å². The van der Waals surface area contributed by atoms with Crippen molar-refractivity contribution in [1.29, 1.82) is 0 Å². The summed E-state index contributed by atoms with van der Waals surface area (Å²) in [5, 5.41) is 0. The van der Waals surface area contributed by atoms with Crippen LogP contribution in [0.3, 0.4) is 0 Å². The number of hydrogen-bond donors (Lipinski definition) is 0. The number of carbonyl (C=O) groups excluding carboxylic acids is 2. The third-order valence-electron chi connectivity index (χ3n) is 3.16. The van der Waals surface area contributed by atoms with Crippen LogP contribution >= 0.6 is 0 Å². The van der Waals surface area contributed by atoms with Gasteiger partial charge < -0.3 is 9.64 Å². The van der Waals surface area contributed by atoms with Crippen LogP contribution in [0.4, 0.5) is 0 Å². The van der Waals surface area contributed by atoms with Gasteiger partial charge in [-0.15, -0.1) is 0 Å². The molecule has 4 nitrogen and oxygen atoms in total. The molecular formula is C16H23NO3. The van der Waals surface area contributed by atoms with Crippen LogP contribution in [-0.2, 0) is 20.7 Å². The van der Waals surface area contributed by atoms with Crippen LogP contribution in [0, 0.1) is 0 Å². The molecule has 0 heterocycles. The Morgan fingerprint density at radius 1 is 1.10 bits per heavy atom. The number of carbonyl (C=O) groups is 2. The molecule has 0 saturated heterocycles. The van der Waals surface area contributed by atoms with E-state index in [1.54, 1.807) is 0 Å². The zero-order valence-corrected chi connectivity index (χ0v) is 12.3. The highest BCUT2D eigenvalue weighted by molar-refractivity contribution is 5.81. The highest BCUT2D eigenvalue weighted by Gasteiger charge is 2.07. The van der Waals surface area contributed by atoms with Gasteiger partial charge in [0.25, 0.3) is 0 Å². The molecule has 1 aromatic rings. The minimum atomic E-state index is -0.182. The molecule has 0 spiro atoms. The second kappa shape index (κ2) is 9.26. The van der Waals surface area contributed by atoms with Crippen LogP contribution in [0.15, 0.2) is 30.3 Å². The molecular weight excluding hydrogens is 254 g/mol. The van der Waals surface area contributed by atoms with E-state index >= 15 is 0 Å². The van der Waals surface area contributed by atoms with Crippen molar-refractivity contribution in [3.05, 3.63) is 35.9 Å². The normalized spacial score (nSPS) is 10.6. The summed E-state index contributed by atoms with van der Waals surface area (Å²) in [7, 11) is 3.36. The third kappa shape index (κ3) is 7.04. The van der Waals surface area contributed by atoms with E-state index < -0.39 is 0 Å². The molecule has 0 N–H and O–H groups in total. The van der Waals surface area contributed by atoms with Gasteiger partial charge in [0.2, 0.25) is 0 Å². The molecule has 0 aromatic heterocycles. The fourth-order valence-electron chi connectivity index (χ4n) is 1.93. The second-order valence-electron chi connectivity index (χ2n) is 4.93. The van der Waals surface area contributed by atoms with E-state index in [0.29, 0.717) is 19.3 Å². The molecule has 0 amide bonds. The Balaban J connectivity index is 2.15. The van der Waals surface area contributed by atoms with Crippen molar-refractivity contribution in [3.63, 3.8) is 0 Å². The largest absolute Gasteiger partial charge is 0.469 e. The summed E-state index contributed by atoms with van der Waals surface area (Å²) in [6, 6.07) is 9.78. The number of hydrogen-bond acceptors (Lipinski definition) is 4. The van der Waals surface area contributed by atoms with Gasteiger partial charge in [-0.05, 0) is 25.6 Å². The monoisotopic (exact) mass is 277 g/mol. The third-order valence-corrected chi connectivity index (χ3v) is 3.16. The van der Waals surface area contributed by atoms with E-state index in [1.165, 1.54) is 7.11 Å². The average Bonchev–Trinajstić information content (AvgIpc) is 2.46. The summed E-state index contributed by atoms with van der Waals surface area (Å²) in [5.41, 5.74) is 1.06. The number of ketones is 1. The Morgan fingerprint density at radius 3 is 2.45 bits per heavy atom. The zero-order valence-electron chi connectivity index (χ0n) is 12.3. The van der Waals surface area contributed by atoms with Crippen molar-refractivity contribution in [1.82, 2.24) is 4.90 Å². The maximum absolute atomic E-state index is 11.8. The van der Waals surface area contributed by atoms with E-state index in [2.05, 4.69) is 9.64 Å². The second-order valence-corrected chi connectivity index (χ2v) is 4.93. The lowest BCUT2D eigenvalue weighted by Crippen LogP contribution is -2.24. The summed E-state index contributed by atoms with van der Waals surface area (Å²) in [6.45, 7) is 1.53. The Hall–Kier alpha value is -1.68. The van der Waals surface area contributed by atoms with Gasteiger partial charge in [-0.1, -0.05) is 30.3 Å². The van der Waals surface area contributed by atoms with Crippen LogP contribution in [-0.4, -0.2) is 43.9 Å². The van der Waals surface area contributed by atoms with E-state index in [4.69, 9.17) is 0 Å². The van der Waals surface area contributed by atoms with Gasteiger partial charge in [0.1, 0.15) is 5.78 Å². The van der Waals surface area contributed by atoms with Crippen molar-refractivity contribution >= 4 is 11.8 Å². The standard InChI is InChI=1S/C16H23NO3/c1-17(11-6-9-16(19)20-2)12-10-15(18)13-14-7-4-3-5-8-14/h3-5,7-8H,6,9-13H2,1-2H3. The van der Waals surface area contributed by atoms with Crippen LogP contribution in [0.25, 0.3) is 0 Å². The lowest BCUT2D eigenvalue weighted by Gasteiger charge is -2.15. The van der Waals surface area contributed by atoms with Crippen molar-refractivity contribution in [2.24, 2.45) is 0 Å². The predicted molar refractivity (Wildman–Crippen MR) is 78.5 cm³/mol. The first kappa shape index (κ1) is 16.4. The van der Waals surface area contributed by atoms with Crippen molar-refractivity contribution in [2.45, 2.75) is 25.7 Å². The van der Waals surface area contributed by atoms with Gasteiger partial charge in [-0.3, -0.25) is 9.59 Å². The predicted octanol–water partition coefficient (Wildman–Crippen LogP) is 2.07. The number of rotatable bonds is 9. The van der Waals surface area contributed by atoms with Crippen molar-refractivity contribution < 1.29 is 14.3 Å². The first-order valence-corrected chi connectivity index (χ1v) is 6.93. The summed E-state index contributed by atoms with van der Waals surface area (Å²) < 4.78 is 4.59. The minimum absolute atomic E-state index is 0.182. The number of benzene rings is 1. The number of methoxy groups -OCH3 is 1. The molecule has 0 aliphatic rings. The number of esters is 1. The Kier molecular flexibility index (Phi) is 7.58. The van der Waals surface area contributed by atoms with E-state index in [9.17, 15) is 9.59 Å². The average molecular weight is 277 g/mol. The number of Topliss-reactive ketones (excluding diaryl/α,β-unsaturated/α-hetero) is 1. The summed E-state index contributed by atoms with van der Waals surface area (Å²) in [5.74, 6) is 0.0644. The number of ether oxygens (including phenoxy) is 1. The highest BCUT2D eigenvalue weighted by Crippen LogP contribution is 2.03. The summed E-state index contributed by atoms with van der Waals surface area (Å²) in [4.78, 5) is 24.9. The van der Waals surface area contributed by atoms with Crippen LogP contribution in [0.2, 0.25) is 0 Å². The van der Waals surface area contributed by atoms with Gasteiger partial charge in [-0.25, -0.2) is 0 Å². The Bertz CT molecular complexity index is 417. The van der Waals surface area contributed by atoms with Gasteiger partial charge in [-0.2, -0.15) is 0 Å². The van der Waals surface area contributed by atoms with Crippen LogP contribution in [0.1, 0.15) is 24.8 Å². The Labute approximate surface area is 120 Å². The lowest BCUT2D eigenvalue weighted by atomic mass is 10.1. The van der Waals surface area contributed by atoms with Crippen LogP contribution in [0.5, 0.6) is 0 Å². The molecule has 110 valence electrons. The molecule has 4 heteroatoms. The lowest BCUT2D eigenvalue weighted by molar-refractivity contribution is -0.140. The SMILES string of the molecule is COC(=O)CCCN(C)CCC(=O)Cc1ccccc1. The van der Waals surface area contributed by atoms with E-state index in [0.717, 1.165) is 25.1 Å². The van der Waals surface area contributed by atoms with E-state index in [1.807, 2.05) is 37.4 Å². The van der Waals surface area contributed by atoms with Crippen molar-refractivity contribution in [3.8, 4) is 0 Å². The first-order valence-electron chi connectivity index (χ1n) is 6.93. The molecule has 20 heavy (non-hydrogen) atoms. The molecule has 0 bridgehead atoms. The Morgan fingerprint density at radius 2 is 1.80 bits per heavy atom. The topological polar surface area (TPSA) is 46.6 Å². The number of nitrogens with zero attached hydrogens (tertiary/aromatic N) is 1. The molecule has 0 unspecified atom stereocenters. The quantitative estimate of drug-likeness (QED) is 0.648. The maximum atomic E-state index is 11.8. The fraction of sp³-hybridized carbons (Fsp3) is 0.500. The highest BCUT2D eigenvalue weighted by atomic mass is 16.5. The molecule has 0 saturated carbocycles. The molecule has 0 radical (unpaired) electrons. The van der Waals surface area contributed by atoms with Gasteiger partial charge >= 0.3 is 5.97 Å². The molecule has 0 aliphatic carbocycles. The van der Waals surface area contributed by atoms with Gasteiger partial charge in [0, 0.05) is 25.8 Å². The molecule has 1 rings (SSSR count). The molecule has 0 aliphatic heterocycles. The smallest absolute Gasteiger partial charge is 0.305 e. The molecule has 1 aromatic carbocycles. The maximum Gasteiger partial charge on any atom is 0.305 e. The summed E-state index contributed by atoms with van der Waals surface area (Å²) >= 11 is 0. The van der Waals surface area contributed by atoms with E-state index in [-0.39, 0.29) is 11.8 Å². The zero-order chi connectivity index (χ0) is 14.8. The first-order chi connectivity index (χ1) is 9.61.